The first kappa shape index (κ1) is 34.4. The van der Waals surface area contributed by atoms with Crippen LogP contribution in [0.15, 0.2) is 182 Å². The number of hydrogen-bond acceptors (Lipinski definition) is 0. The number of rotatable bonds is 3. The van der Waals surface area contributed by atoms with Crippen LogP contribution in [0.2, 0.25) is 0 Å². The number of benzene rings is 12. The maximum atomic E-state index is 2.48. The molecule has 0 unspecified atom stereocenters. The van der Waals surface area contributed by atoms with Gasteiger partial charge in [-0.25, -0.2) is 0 Å². The highest BCUT2D eigenvalue weighted by atomic mass is 14.4. The summed E-state index contributed by atoms with van der Waals surface area (Å²) < 4.78 is 0. The normalized spacial score (nSPS) is 14.7. The van der Waals surface area contributed by atoms with Crippen LogP contribution in [0, 0.1) is 0 Å². The molecule has 62 heavy (non-hydrogen) atoms. The van der Waals surface area contributed by atoms with E-state index in [-0.39, 0.29) is 10.8 Å². The Bertz CT molecular complexity index is 3650. The minimum Gasteiger partial charge on any atom is -0.0619 e. The highest BCUT2D eigenvalue weighted by Gasteiger charge is 2.37. The van der Waals surface area contributed by atoms with E-state index in [1.54, 1.807) is 0 Å². The molecule has 14 rings (SSSR count). The monoisotopic (exact) mass is 786 g/mol. The lowest BCUT2D eigenvalue weighted by atomic mass is 9.80. The van der Waals surface area contributed by atoms with Crippen molar-refractivity contribution in [3.8, 4) is 55.6 Å². The minimum atomic E-state index is -0.0525. The zero-order chi connectivity index (χ0) is 41.2. The van der Waals surface area contributed by atoms with E-state index in [9.17, 15) is 0 Å². The molecule has 0 fully saturated rings. The molecule has 0 bridgehead atoms. The molecular weight excluding hydrogens is 745 g/mol. The summed E-state index contributed by atoms with van der Waals surface area (Å²) in [6.45, 7) is 9.50. The molecule has 0 aromatic heterocycles. The molecule has 0 nitrogen and oxygen atoms in total. The van der Waals surface area contributed by atoms with Gasteiger partial charge in [-0.1, -0.05) is 173 Å². The Morgan fingerprint density at radius 2 is 0.565 bits per heavy atom. The Morgan fingerprint density at radius 3 is 0.952 bits per heavy atom. The Hall–Kier alpha value is -7.28. The van der Waals surface area contributed by atoms with E-state index < -0.39 is 0 Å². The molecule has 0 amide bonds. The number of hydrogen-bond donors (Lipinski definition) is 0. The second-order valence-electron chi connectivity index (χ2n) is 19.2. The van der Waals surface area contributed by atoms with Crippen molar-refractivity contribution in [3.63, 3.8) is 0 Å². The molecule has 12 aromatic rings. The van der Waals surface area contributed by atoms with Crippen molar-refractivity contribution < 1.29 is 0 Å². The first-order valence-corrected chi connectivity index (χ1v) is 22.2. The van der Waals surface area contributed by atoms with E-state index in [1.807, 2.05) is 0 Å². The van der Waals surface area contributed by atoms with Crippen molar-refractivity contribution in [2.45, 2.75) is 38.5 Å². The summed E-state index contributed by atoms with van der Waals surface area (Å²) in [4.78, 5) is 0. The maximum Gasteiger partial charge on any atom is 0.0159 e. The van der Waals surface area contributed by atoms with Gasteiger partial charge in [-0.15, -0.1) is 0 Å². The molecule has 2 aliphatic carbocycles. The molecule has 0 aliphatic heterocycles. The molecular formula is C62H42. The molecule has 0 spiro atoms. The third kappa shape index (κ3) is 4.32. The quantitative estimate of drug-likeness (QED) is 0.157. The Kier molecular flexibility index (Phi) is 6.53. The van der Waals surface area contributed by atoms with Crippen LogP contribution < -0.4 is 0 Å². The fourth-order valence-electron chi connectivity index (χ4n) is 12.4. The van der Waals surface area contributed by atoms with Crippen molar-refractivity contribution >= 4 is 64.6 Å². The smallest absolute Gasteiger partial charge is 0.0159 e. The molecule has 0 N–H and O–H groups in total. The lowest BCUT2D eigenvalue weighted by Gasteiger charge is -2.23. The molecule has 0 saturated heterocycles. The Labute approximate surface area is 361 Å². The van der Waals surface area contributed by atoms with Gasteiger partial charge in [-0.05, 0) is 179 Å². The molecule has 0 saturated carbocycles. The van der Waals surface area contributed by atoms with Gasteiger partial charge in [0.25, 0.3) is 0 Å². The molecule has 0 radical (unpaired) electrons. The fraction of sp³-hybridized carbons (Fsp3) is 0.0968. The molecule has 12 aromatic carbocycles. The summed E-state index contributed by atoms with van der Waals surface area (Å²) in [5.74, 6) is 0. The van der Waals surface area contributed by atoms with Crippen LogP contribution in [0.5, 0.6) is 0 Å². The molecule has 0 atom stereocenters. The van der Waals surface area contributed by atoms with Gasteiger partial charge >= 0.3 is 0 Å². The van der Waals surface area contributed by atoms with E-state index in [0.717, 1.165) is 0 Å². The lowest BCUT2D eigenvalue weighted by Crippen LogP contribution is -2.14. The van der Waals surface area contributed by atoms with Crippen LogP contribution in [0.4, 0.5) is 0 Å². The Morgan fingerprint density at radius 1 is 0.242 bits per heavy atom. The third-order valence-corrected chi connectivity index (χ3v) is 15.3. The van der Waals surface area contributed by atoms with Gasteiger partial charge in [0.15, 0.2) is 0 Å². The van der Waals surface area contributed by atoms with Gasteiger partial charge in [-0.3, -0.25) is 0 Å². The highest BCUT2D eigenvalue weighted by Crippen LogP contribution is 2.53. The van der Waals surface area contributed by atoms with Gasteiger partial charge < -0.3 is 0 Å². The van der Waals surface area contributed by atoms with Crippen LogP contribution in [-0.4, -0.2) is 0 Å². The van der Waals surface area contributed by atoms with Crippen molar-refractivity contribution in [2.24, 2.45) is 0 Å². The first-order valence-electron chi connectivity index (χ1n) is 22.2. The topological polar surface area (TPSA) is 0 Å². The SMILES string of the molecule is CC1(C)c2ccccc2-c2ccc(-c3cc4cccc5c(-c6cc7cccc8c(-c9ccc%10c(c9)C(C)(C)c9ccccc9-%10)cc9cccc6c9c78)cc6cccc3c6c45)cc21. The van der Waals surface area contributed by atoms with Crippen LogP contribution >= 0.6 is 0 Å². The van der Waals surface area contributed by atoms with Crippen LogP contribution in [-0.2, 0) is 10.8 Å². The lowest BCUT2D eigenvalue weighted by molar-refractivity contribution is 0.660. The summed E-state index contributed by atoms with van der Waals surface area (Å²) in [6.07, 6.45) is 0. The Balaban J connectivity index is 0.967. The summed E-state index contributed by atoms with van der Waals surface area (Å²) in [6, 6.07) is 69.8. The standard InChI is InChI=1S/C62H42/c1-61(2)53-23-7-5-17-41(53)43-27-25-35(33-55(43)61)49-29-37-13-11-21-47-51(31-39-15-9-19-45(49)57(39)59(37)47)52-32-40-16-10-20-46-50(30-38-14-12-22-48(52)60(38)58(40)46)36-26-28-44-42-18-6-8-24-54(42)62(3,4)56(44)34-36/h5-34H,1-4H3. The van der Waals surface area contributed by atoms with Gasteiger partial charge in [0, 0.05) is 10.8 Å². The maximum absolute atomic E-state index is 2.48. The van der Waals surface area contributed by atoms with Gasteiger partial charge in [0.2, 0.25) is 0 Å². The van der Waals surface area contributed by atoms with Crippen molar-refractivity contribution in [2.75, 3.05) is 0 Å². The van der Waals surface area contributed by atoms with Crippen molar-refractivity contribution in [1.29, 1.82) is 0 Å². The van der Waals surface area contributed by atoms with Crippen LogP contribution in [0.25, 0.3) is 120 Å². The van der Waals surface area contributed by atoms with E-state index in [2.05, 4.69) is 210 Å². The van der Waals surface area contributed by atoms with Gasteiger partial charge in [0.1, 0.15) is 0 Å². The summed E-state index contributed by atoms with van der Waals surface area (Å²) in [7, 11) is 0. The first-order chi connectivity index (χ1) is 30.3. The highest BCUT2D eigenvalue weighted by molar-refractivity contribution is 6.33. The zero-order valence-corrected chi connectivity index (χ0v) is 35.3. The summed E-state index contributed by atoms with van der Waals surface area (Å²) in [5, 5.41) is 15.8. The summed E-state index contributed by atoms with van der Waals surface area (Å²) >= 11 is 0. The minimum absolute atomic E-state index is 0.0525. The second-order valence-corrected chi connectivity index (χ2v) is 19.2. The fourth-order valence-corrected chi connectivity index (χ4v) is 12.4. The van der Waals surface area contributed by atoms with E-state index in [1.165, 1.54) is 143 Å². The third-order valence-electron chi connectivity index (χ3n) is 15.3. The number of fused-ring (bicyclic) bond motifs is 6. The van der Waals surface area contributed by atoms with Gasteiger partial charge in [0.05, 0.1) is 0 Å². The molecule has 290 valence electrons. The molecule has 2 aliphatic rings. The van der Waals surface area contributed by atoms with Crippen LogP contribution in [0.3, 0.4) is 0 Å². The van der Waals surface area contributed by atoms with E-state index >= 15 is 0 Å². The average molecular weight is 787 g/mol. The van der Waals surface area contributed by atoms with E-state index in [0.29, 0.717) is 0 Å². The van der Waals surface area contributed by atoms with Crippen molar-refractivity contribution in [1.82, 2.24) is 0 Å². The van der Waals surface area contributed by atoms with Crippen LogP contribution in [0.1, 0.15) is 49.9 Å². The predicted octanol–water partition coefficient (Wildman–Crippen LogP) is 17.1. The van der Waals surface area contributed by atoms with E-state index in [4.69, 9.17) is 0 Å². The average Bonchev–Trinajstić information content (AvgIpc) is 3.68. The summed E-state index contributed by atoms with van der Waals surface area (Å²) in [5.41, 5.74) is 18.7. The molecule has 0 heterocycles. The second kappa shape index (κ2) is 11.8. The van der Waals surface area contributed by atoms with Crippen molar-refractivity contribution in [3.05, 3.63) is 204 Å². The largest absolute Gasteiger partial charge is 0.0619 e. The zero-order valence-electron chi connectivity index (χ0n) is 35.3. The predicted molar refractivity (Wildman–Crippen MR) is 265 cm³/mol. The van der Waals surface area contributed by atoms with Gasteiger partial charge in [-0.2, -0.15) is 0 Å². The molecule has 0 heteroatoms.